The summed E-state index contributed by atoms with van der Waals surface area (Å²) >= 11 is 0. The van der Waals surface area contributed by atoms with E-state index in [1.54, 1.807) is 18.6 Å². The lowest BCUT2D eigenvalue weighted by molar-refractivity contribution is 0.274. The predicted octanol–water partition coefficient (Wildman–Crippen LogP) is 2.93. The molecule has 1 atom stereocenters. The molecule has 0 saturated carbocycles. The molecule has 0 radical (unpaired) electrons. The molecule has 3 aromatic rings. The molecule has 6 nitrogen and oxygen atoms in total. The molecule has 1 unspecified atom stereocenters. The average molecular weight is 313 g/mol. The Labute approximate surface area is 134 Å². The quantitative estimate of drug-likeness (QED) is 0.665. The van der Waals surface area contributed by atoms with E-state index < -0.39 is 0 Å². The molecule has 6 heteroatoms. The van der Waals surface area contributed by atoms with E-state index in [0.717, 1.165) is 18.4 Å². The van der Waals surface area contributed by atoms with Crippen LogP contribution >= 0.6 is 0 Å². The second-order valence-corrected chi connectivity index (χ2v) is 5.24. The molecule has 0 amide bonds. The van der Waals surface area contributed by atoms with Gasteiger partial charge in [0.2, 0.25) is 0 Å². The molecule has 0 bridgehead atoms. The van der Waals surface area contributed by atoms with Crippen LogP contribution in [0.15, 0.2) is 57.9 Å². The topological polar surface area (TPSA) is 84.3 Å². The van der Waals surface area contributed by atoms with E-state index in [2.05, 4.69) is 27.6 Å². The van der Waals surface area contributed by atoms with Crippen LogP contribution in [0.3, 0.4) is 0 Å². The van der Waals surface area contributed by atoms with Gasteiger partial charge in [-0.25, -0.2) is 0 Å². The highest BCUT2D eigenvalue weighted by Crippen LogP contribution is 2.20. The van der Waals surface area contributed by atoms with Crippen LogP contribution in [0, 0.1) is 0 Å². The first kappa shape index (κ1) is 15.5. The lowest BCUT2D eigenvalue weighted by atomic mass is 10.0. The van der Waals surface area contributed by atoms with Crippen LogP contribution in [0.4, 0.5) is 0 Å². The number of rotatable bonds is 8. The van der Waals surface area contributed by atoms with Gasteiger partial charge in [-0.15, -0.1) is 0 Å². The lowest BCUT2D eigenvalue weighted by Crippen LogP contribution is -2.22. The minimum atomic E-state index is 0.138. The Balaban J connectivity index is 1.64. The molecule has 2 heterocycles. The first-order valence-corrected chi connectivity index (χ1v) is 7.61. The van der Waals surface area contributed by atoms with Crippen molar-refractivity contribution >= 4 is 0 Å². The van der Waals surface area contributed by atoms with Crippen molar-refractivity contribution in [2.75, 3.05) is 6.61 Å². The standard InChI is InChI=1S/C17H19N3O3/c21-9-4-7-15(13-5-2-1-3-6-13)18-11-16-19-17(23-20-16)14-8-10-22-12-14/h1-3,5-6,8,10,12,15,18,21H,4,7,9,11H2. The molecule has 0 saturated heterocycles. The summed E-state index contributed by atoms with van der Waals surface area (Å²) in [6, 6.07) is 12.1. The van der Waals surface area contributed by atoms with Gasteiger partial charge in [0.05, 0.1) is 18.4 Å². The van der Waals surface area contributed by atoms with Crippen molar-refractivity contribution in [1.29, 1.82) is 0 Å². The summed E-state index contributed by atoms with van der Waals surface area (Å²) in [5.41, 5.74) is 1.95. The molecular weight excluding hydrogens is 294 g/mol. The normalized spacial score (nSPS) is 12.4. The zero-order valence-electron chi connectivity index (χ0n) is 12.7. The highest BCUT2D eigenvalue weighted by Gasteiger charge is 2.14. The van der Waals surface area contributed by atoms with Crippen LogP contribution < -0.4 is 5.32 Å². The number of hydrogen-bond acceptors (Lipinski definition) is 6. The van der Waals surface area contributed by atoms with Crippen molar-refractivity contribution in [2.24, 2.45) is 0 Å². The number of hydrogen-bond donors (Lipinski definition) is 2. The van der Waals surface area contributed by atoms with Crippen molar-refractivity contribution < 1.29 is 14.0 Å². The number of aliphatic hydroxyl groups is 1. The first-order chi connectivity index (χ1) is 11.4. The number of aromatic nitrogens is 2. The van der Waals surface area contributed by atoms with Gasteiger partial charge in [-0.2, -0.15) is 4.98 Å². The predicted molar refractivity (Wildman–Crippen MR) is 84.3 cm³/mol. The summed E-state index contributed by atoms with van der Waals surface area (Å²) in [5.74, 6) is 1.04. The smallest absolute Gasteiger partial charge is 0.261 e. The monoisotopic (exact) mass is 313 g/mol. The summed E-state index contributed by atoms with van der Waals surface area (Å²) in [6.07, 6.45) is 4.71. The van der Waals surface area contributed by atoms with Gasteiger partial charge in [-0.1, -0.05) is 35.5 Å². The highest BCUT2D eigenvalue weighted by molar-refractivity contribution is 5.49. The van der Waals surface area contributed by atoms with E-state index >= 15 is 0 Å². The highest BCUT2D eigenvalue weighted by atomic mass is 16.5. The third kappa shape index (κ3) is 4.06. The van der Waals surface area contributed by atoms with Gasteiger partial charge in [0.25, 0.3) is 5.89 Å². The summed E-state index contributed by atoms with van der Waals surface area (Å²) in [6.45, 7) is 0.671. The van der Waals surface area contributed by atoms with Gasteiger partial charge >= 0.3 is 0 Å². The van der Waals surface area contributed by atoms with Crippen LogP contribution in [0.5, 0.6) is 0 Å². The van der Waals surface area contributed by atoms with Crippen LogP contribution in [-0.2, 0) is 6.54 Å². The van der Waals surface area contributed by atoms with E-state index in [-0.39, 0.29) is 12.6 Å². The fraction of sp³-hybridized carbons (Fsp3) is 0.294. The van der Waals surface area contributed by atoms with E-state index in [4.69, 9.17) is 14.0 Å². The van der Waals surface area contributed by atoms with Crippen molar-refractivity contribution in [3.8, 4) is 11.5 Å². The molecule has 120 valence electrons. The maximum Gasteiger partial charge on any atom is 0.261 e. The zero-order chi connectivity index (χ0) is 15.9. The lowest BCUT2D eigenvalue weighted by Gasteiger charge is -2.17. The van der Waals surface area contributed by atoms with E-state index in [0.29, 0.717) is 18.3 Å². The second-order valence-electron chi connectivity index (χ2n) is 5.24. The number of nitrogens with one attached hydrogen (secondary N) is 1. The maximum atomic E-state index is 9.08. The molecule has 2 N–H and O–H groups in total. The largest absolute Gasteiger partial charge is 0.472 e. The molecule has 1 aromatic carbocycles. The Hall–Kier alpha value is -2.44. The summed E-state index contributed by atoms with van der Waals surface area (Å²) in [5, 5.41) is 16.5. The molecule has 0 aliphatic rings. The van der Waals surface area contributed by atoms with Crippen molar-refractivity contribution in [3.05, 3.63) is 60.3 Å². The third-order valence-electron chi connectivity index (χ3n) is 3.60. The Bertz CT molecular complexity index is 695. The van der Waals surface area contributed by atoms with Crippen molar-refractivity contribution in [2.45, 2.75) is 25.4 Å². The fourth-order valence-corrected chi connectivity index (χ4v) is 2.41. The van der Waals surface area contributed by atoms with E-state index in [9.17, 15) is 0 Å². The summed E-state index contributed by atoms with van der Waals surface area (Å²) in [7, 11) is 0. The molecule has 3 rings (SSSR count). The summed E-state index contributed by atoms with van der Waals surface area (Å²) < 4.78 is 10.2. The average Bonchev–Trinajstić information content (AvgIpc) is 3.27. The SMILES string of the molecule is OCCCC(NCc1noc(-c2ccoc2)n1)c1ccccc1. The molecule has 0 fully saturated rings. The van der Waals surface area contributed by atoms with Crippen LogP contribution in [0.1, 0.15) is 30.3 Å². The second kappa shape index (κ2) is 7.71. The molecule has 2 aromatic heterocycles. The van der Waals surface area contributed by atoms with Crippen LogP contribution in [0.25, 0.3) is 11.5 Å². The van der Waals surface area contributed by atoms with Crippen LogP contribution in [0.2, 0.25) is 0 Å². The van der Waals surface area contributed by atoms with E-state index in [1.807, 2.05) is 18.2 Å². The minimum Gasteiger partial charge on any atom is -0.472 e. The van der Waals surface area contributed by atoms with Gasteiger partial charge in [-0.05, 0) is 24.5 Å². The van der Waals surface area contributed by atoms with Gasteiger partial charge in [0, 0.05) is 12.6 Å². The zero-order valence-corrected chi connectivity index (χ0v) is 12.7. The first-order valence-electron chi connectivity index (χ1n) is 7.61. The molecule has 0 spiro atoms. The van der Waals surface area contributed by atoms with Gasteiger partial charge in [-0.3, -0.25) is 0 Å². The molecule has 0 aliphatic carbocycles. The molecule has 0 aliphatic heterocycles. The summed E-state index contributed by atoms with van der Waals surface area (Å²) in [4.78, 5) is 4.35. The Morgan fingerprint density at radius 2 is 2.04 bits per heavy atom. The molecular formula is C17H19N3O3. The Kier molecular flexibility index (Phi) is 5.18. The van der Waals surface area contributed by atoms with E-state index in [1.165, 1.54) is 5.56 Å². The van der Waals surface area contributed by atoms with Gasteiger partial charge in [0.1, 0.15) is 6.26 Å². The fourth-order valence-electron chi connectivity index (χ4n) is 2.41. The Morgan fingerprint density at radius 1 is 1.17 bits per heavy atom. The van der Waals surface area contributed by atoms with Gasteiger partial charge in [0.15, 0.2) is 5.82 Å². The number of benzene rings is 1. The van der Waals surface area contributed by atoms with Crippen LogP contribution in [-0.4, -0.2) is 21.9 Å². The third-order valence-corrected chi connectivity index (χ3v) is 3.60. The molecule has 23 heavy (non-hydrogen) atoms. The Morgan fingerprint density at radius 3 is 2.78 bits per heavy atom. The number of nitrogens with zero attached hydrogens (tertiary/aromatic N) is 2. The number of furan rings is 1. The maximum absolute atomic E-state index is 9.08. The van der Waals surface area contributed by atoms with Crippen molar-refractivity contribution in [3.63, 3.8) is 0 Å². The van der Waals surface area contributed by atoms with Crippen molar-refractivity contribution in [1.82, 2.24) is 15.5 Å². The minimum absolute atomic E-state index is 0.138. The van der Waals surface area contributed by atoms with Gasteiger partial charge < -0.3 is 19.4 Å². The number of aliphatic hydroxyl groups excluding tert-OH is 1.